The number of guanidine groups is 1. The van der Waals surface area contributed by atoms with Crippen LogP contribution in [0, 0.1) is 11.8 Å². The van der Waals surface area contributed by atoms with Gasteiger partial charge in [0.15, 0.2) is 5.96 Å². The number of carboxylic acids is 1. The first-order chi connectivity index (χ1) is 16.8. The predicted molar refractivity (Wildman–Crippen MR) is 134 cm³/mol. The molecule has 35 heavy (non-hydrogen) atoms. The molecule has 0 aromatic heterocycles. The number of piperidine rings is 1. The molecule has 0 bridgehead atoms. The summed E-state index contributed by atoms with van der Waals surface area (Å²) in [6.07, 6.45) is 1.53. The number of ether oxygens (including phenoxy) is 1. The Labute approximate surface area is 205 Å². The van der Waals surface area contributed by atoms with E-state index in [0.29, 0.717) is 25.9 Å². The summed E-state index contributed by atoms with van der Waals surface area (Å²) in [5.74, 6) is -0.729. The summed E-state index contributed by atoms with van der Waals surface area (Å²) in [5.41, 5.74) is 2.02. The molecule has 0 spiro atoms. The second kappa shape index (κ2) is 12.8. The summed E-state index contributed by atoms with van der Waals surface area (Å²) in [6.45, 7) is 6.90. The van der Waals surface area contributed by atoms with Gasteiger partial charge in [0.1, 0.15) is 6.04 Å². The molecule has 1 fully saturated rings. The summed E-state index contributed by atoms with van der Waals surface area (Å²) in [5, 5.41) is 20.9. The molecule has 1 saturated heterocycles. The van der Waals surface area contributed by atoms with E-state index in [1.807, 2.05) is 32.0 Å². The van der Waals surface area contributed by atoms with Crippen molar-refractivity contribution in [1.82, 2.24) is 16.0 Å². The first-order valence-electron chi connectivity index (χ1n) is 12.2. The van der Waals surface area contributed by atoms with Crippen LogP contribution in [0.2, 0.25) is 0 Å². The molecule has 1 aromatic rings. The highest BCUT2D eigenvalue weighted by Crippen LogP contribution is 2.25. The number of amides is 2. The van der Waals surface area contributed by atoms with Gasteiger partial charge in [0.2, 0.25) is 5.91 Å². The Morgan fingerprint density at radius 3 is 2.69 bits per heavy atom. The van der Waals surface area contributed by atoms with Gasteiger partial charge in [-0.3, -0.25) is 9.79 Å². The minimum atomic E-state index is -1.25. The number of alkyl carbamates (subject to hydrolysis) is 1. The molecule has 2 heterocycles. The Hall–Kier alpha value is -3.50. The first kappa shape index (κ1) is 26.1. The third-order valence-electron chi connectivity index (χ3n) is 5.86. The number of anilines is 2. The van der Waals surface area contributed by atoms with E-state index in [4.69, 9.17) is 4.74 Å². The van der Waals surface area contributed by atoms with Gasteiger partial charge >= 0.3 is 12.1 Å². The van der Waals surface area contributed by atoms with Crippen LogP contribution in [0.3, 0.4) is 0 Å². The van der Waals surface area contributed by atoms with Crippen molar-refractivity contribution in [1.29, 1.82) is 0 Å². The third kappa shape index (κ3) is 8.34. The molecule has 0 aliphatic carbocycles. The Kier molecular flexibility index (Phi) is 9.56. The zero-order valence-electron chi connectivity index (χ0n) is 20.4. The van der Waals surface area contributed by atoms with Gasteiger partial charge in [0, 0.05) is 50.0 Å². The van der Waals surface area contributed by atoms with E-state index in [0.717, 1.165) is 36.8 Å². The van der Waals surface area contributed by atoms with Crippen molar-refractivity contribution in [2.24, 2.45) is 16.8 Å². The van der Waals surface area contributed by atoms with E-state index < -0.39 is 18.1 Å². The number of carboxylic acid groups (broad SMARTS) is 1. The predicted octanol–water partition coefficient (Wildman–Crippen LogP) is 1.62. The highest BCUT2D eigenvalue weighted by Gasteiger charge is 2.27. The maximum absolute atomic E-state index is 12.6. The van der Waals surface area contributed by atoms with Crippen LogP contribution in [0.4, 0.5) is 16.2 Å². The Balaban J connectivity index is 1.45. The average molecular weight is 489 g/mol. The van der Waals surface area contributed by atoms with Gasteiger partial charge in [-0.15, -0.1) is 0 Å². The van der Waals surface area contributed by atoms with Crippen LogP contribution < -0.4 is 26.2 Å². The summed E-state index contributed by atoms with van der Waals surface area (Å²) < 4.78 is 4.97. The van der Waals surface area contributed by atoms with Gasteiger partial charge in [0.05, 0.1) is 6.61 Å². The number of hydrogen-bond donors (Lipinski definition) is 5. The topological polar surface area (TPSA) is 144 Å². The Morgan fingerprint density at radius 1 is 1.26 bits per heavy atom. The number of carbonyl (C=O) groups is 3. The normalized spacial score (nSPS) is 17.1. The molecule has 3 rings (SSSR count). The second-order valence-corrected chi connectivity index (χ2v) is 9.22. The number of aliphatic imine (C=N–C) groups is 1. The van der Waals surface area contributed by atoms with Crippen molar-refractivity contribution in [2.45, 2.75) is 39.2 Å². The van der Waals surface area contributed by atoms with Crippen LogP contribution >= 0.6 is 0 Å². The number of rotatable bonds is 9. The average Bonchev–Trinajstić information content (AvgIpc) is 2.86. The van der Waals surface area contributed by atoms with Crippen molar-refractivity contribution in [3.05, 3.63) is 24.3 Å². The molecule has 192 valence electrons. The minimum absolute atomic E-state index is 0.136. The monoisotopic (exact) mass is 488 g/mol. The van der Waals surface area contributed by atoms with E-state index in [9.17, 15) is 19.5 Å². The van der Waals surface area contributed by atoms with E-state index in [2.05, 4.69) is 37.2 Å². The van der Waals surface area contributed by atoms with Crippen molar-refractivity contribution in [3.63, 3.8) is 0 Å². The van der Waals surface area contributed by atoms with E-state index >= 15 is 0 Å². The smallest absolute Gasteiger partial charge is 0.407 e. The molecule has 5 N–H and O–H groups in total. The molecule has 2 aliphatic rings. The van der Waals surface area contributed by atoms with E-state index in [1.54, 1.807) is 0 Å². The fourth-order valence-corrected chi connectivity index (χ4v) is 3.91. The summed E-state index contributed by atoms with van der Waals surface area (Å²) in [6, 6.07) is 6.85. The van der Waals surface area contributed by atoms with Gasteiger partial charge in [-0.1, -0.05) is 19.9 Å². The van der Waals surface area contributed by atoms with Crippen LogP contribution in [0.15, 0.2) is 29.3 Å². The van der Waals surface area contributed by atoms with Crippen molar-refractivity contribution in [2.75, 3.05) is 49.5 Å². The zero-order valence-corrected chi connectivity index (χ0v) is 20.4. The lowest BCUT2D eigenvalue weighted by molar-refractivity contribution is -0.139. The van der Waals surface area contributed by atoms with Gasteiger partial charge in [-0.2, -0.15) is 0 Å². The third-order valence-corrected chi connectivity index (χ3v) is 5.86. The maximum Gasteiger partial charge on any atom is 0.407 e. The fourth-order valence-electron chi connectivity index (χ4n) is 3.91. The van der Waals surface area contributed by atoms with Gasteiger partial charge in [0.25, 0.3) is 0 Å². The number of nitrogens with one attached hydrogen (secondary N) is 4. The molecule has 0 radical (unpaired) electrons. The maximum atomic E-state index is 12.6. The molecule has 2 amide bonds. The lowest BCUT2D eigenvalue weighted by Gasteiger charge is -2.33. The molecule has 11 heteroatoms. The van der Waals surface area contributed by atoms with Gasteiger partial charge in [-0.05, 0) is 43.4 Å². The SMILES string of the molecule is CC(C)COC(=O)N[C@@H](CNC(=O)C1CCN(c2cccc(NC3=NCCCN3)c2)CC1)C(=O)O. The molecule has 1 aromatic carbocycles. The lowest BCUT2D eigenvalue weighted by atomic mass is 9.95. The molecule has 11 nitrogen and oxygen atoms in total. The molecule has 0 unspecified atom stereocenters. The van der Waals surface area contributed by atoms with Crippen LogP contribution in [0.25, 0.3) is 0 Å². The quantitative estimate of drug-likeness (QED) is 0.353. The molecular formula is C24H36N6O5. The van der Waals surface area contributed by atoms with E-state index in [-0.39, 0.29) is 30.9 Å². The molecule has 1 atom stereocenters. The highest BCUT2D eigenvalue weighted by molar-refractivity contribution is 5.94. The standard InChI is InChI=1S/C24H36N6O5/c1-16(2)15-35-24(34)29-20(22(32)33)14-27-21(31)17-7-11-30(12-8-17)19-6-3-5-18(13-19)28-23-25-9-4-10-26-23/h3,5-6,13,16-17,20H,4,7-12,14-15H2,1-2H3,(H,27,31)(H,29,34)(H,32,33)(H2,25,26,28)/t20-/m0/s1. The van der Waals surface area contributed by atoms with E-state index in [1.165, 1.54) is 0 Å². The molecular weight excluding hydrogens is 452 g/mol. The number of carbonyl (C=O) groups excluding carboxylic acids is 2. The second-order valence-electron chi connectivity index (χ2n) is 9.22. The minimum Gasteiger partial charge on any atom is -0.480 e. The zero-order chi connectivity index (χ0) is 25.2. The number of nitrogens with zero attached hydrogens (tertiary/aromatic N) is 2. The van der Waals surface area contributed by atoms with Crippen LogP contribution in [0.1, 0.15) is 33.1 Å². The first-order valence-corrected chi connectivity index (χ1v) is 12.2. The largest absolute Gasteiger partial charge is 0.480 e. The summed E-state index contributed by atoms with van der Waals surface area (Å²) in [7, 11) is 0. The lowest BCUT2D eigenvalue weighted by Crippen LogP contribution is -2.50. The number of aliphatic carboxylic acids is 1. The van der Waals surface area contributed by atoms with Gasteiger partial charge in [-0.25, -0.2) is 9.59 Å². The van der Waals surface area contributed by atoms with Crippen molar-refractivity contribution >= 4 is 35.3 Å². The van der Waals surface area contributed by atoms with Gasteiger partial charge < -0.3 is 36.0 Å². The van der Waals surface area contributed by atoms with Crippen molar-refractivity contribution < 1.29 is 24.2 Å². The molecule has 0 saturated carbocycles. The van der Waals surface area contributed by atoms with Crippen LogP contribution in [0.5, 0.6) is 0 Å². The fraction of sp³-hybridized carbons (Fsp3) is 0.583. The number of benzene rings is 1. The highest BCUT2D eigenvalue weighted by atomic mass is 16.5. The summed E-state index contributed by atoms with van der Waals surface area (Å²) in [4.78, 5) is 42.6. The van der Waals surface area contributed by atoms with Crippen LogP contribution in [-0.2, 0) is 14.3 Å². The van der Waals surface area contributed by atoms with Crippen LogP contribution in [-0.4, -0.2) is 74.4 Å². The van der Waals surface area contributed by atoms with Crippen molar-refractivity contribution in [3.8, 4) is 0 Å². The Morgan fingerprint density at radius 2 is 2.03 bits per heavy atom. The summed E-state index contributed by atoms with van der Waals surface area (Å²) >= 11 is 0. The Bertz CT molecular complexity index is 913. The molecule has 2 aliphatic heterocycles. The number of hydrogen-bond acceptors (Lipinski definition) is 8.